The summed E-state index contributed by atoms with van der Waals surface area (Å²) in [5.74, 6) is 1.02. The van der Waals surface area contributed by atoms with Crippen molar-refractivity contribution < 1.29 is 14.3 Å². The van der Waals surface area contributed by atoms with Crippen LogP contribution in [0.15, 0.2) is 42.5 Å². The third kappa shape index (κ3) is 4.23. The second kappa shape index (κ2) is 8.53. The van der Waals surface area contributed by atoms with Gasteiger partial charge in [-0.1, -0.05) is 23.5 Å². The molecular weight excluding hydrogens is 350 g/mol. The topological polar surface area (TPSA) is 72.5 Å². The van der Waals surface area contributed by atoms with Gasteiger partial charge in [0, 0.05) is 18.7 Å². The van der Waals surface area contributed by atoms with Crippen molar-refractivity contribution >= 4 is 32.6 Å². The van der Waals surface area contributed by atoms with Gasteiger partial charge in [0.1, 0.15) is 0 Å². The number of amides is 1. The fourth-order valence-electron chi connectivity index (χ4n) is 2.48. The minimum atomic E-state index is -0.155. The Hall–Kier alpha value is -2.80. The molecule has 26 heavy (non-hydrogen) atoms. The molecule has 0 radical (unpaired) electrons. The first kappa shape index (κ1) is 18.0. The third-order valence-electron chi connectivity index (χ3n) is 3.71. The smallest absolute Gasteiger partial charge is 0.251 e. The Bertz CT molecular complexity index is 862. The number of carbonyl (C=O) groups excluding carboxylic acids is 1. The number of hydrogen-bond acceptors (Lipinski definition) is 6. The molecule has 2 N–H and O–H groups in total. The Labute approximate surface area is 156 Å². The SMILES string of the molecule is CCOc1ccc(C(=O)NCCNc2nc3ccccc3s2)cc1OC. The third-order valence-corrected chi connectivity index (χ3v) is 4.70. The average Bonchev–Trinajstić information content (AvgIpc) is 3.08. The van der Waals surface area contributed by atoms with Crippen LogP contribution in [0.1, 0.15) is 17.3 Å². The molecule has 0 saturated carbocycles. The number of nitrogens with one attached hydrogen (secondary N) is 2. The van der Waals surface area contributed by atoms with Crippen LogP contribution >= 0.6 is 11.3 Å². The lowest BCUT2D eigenvalue weighted by Crippen LogP contribution is -2.28. The Balaban J connectivity index is 1.52. The van der Waals surface area contributed by atoms with Crippen molar-refractivity contribution in [3.8, 4) is 11.5 Å². The van der Waals surface area contributed by atoms with E-state index in [2.05, 4.69) is 15.6 Å². The molecule has 3 rings (SSSR count). The minimum Gasteiger partial charge on any atom is -0.493 e. The molecule has 3 aromatic rings. The fourth-order valence-corrected chi connectivity index (χ4v) is 3.37. The van der Waals surface area contributed by atoms with Gasteiger partial charge in [0.05, 0.1) is 23.9 Å². The number of hydrogen-bond donors (Lipinski definition) is 2. The zero-order valence-electron chi connectivity index (χ0n) is 14.7. The van der Waals surface area contributed by atoms with Crippen LogP contribution < -0.4 is 20.1 Å². The van der Waals surface area contributed by atoms with Gasteiger partial charge in [-0.2, -0.15) is 0 Å². The highest BCUT2D eigenvalue weighted by Gasteiger charge is 2.10. The second-order valence-corrected chi connectivity index (χ2v) is 6.50. The number of fused-ring (bicyclic) bond motifs is 1. The standard InChI is InChI=1S/C19H21N3O3S/c1-3-25-15-9-8-13(12-16(15)24-2)18(23)20-10-11-21-19-22-14-6-4-5-7-17(14)26-19/h4-9,12H,3,10-11H2,1-2H3,(H,20,23)(H,21,22). The number of thiazole rings is 1. The predicted molar refractivity (Wildman–Crippen MR) is 105 cm³/mol. The Morgan fingerprint density at radius 2 is 2.00 bits per heavy atom. The number of ether oxygens (including phenoxy) is 2. The van der Waals surface area contributed by atoms with Crippen LogP contribution in [0.3, 0.4) is 0 Å². The molecule has 1 amide bonds. The van der Waals surface area contributed by atoms with Crippen molar-refractivity contribution in [1.82, 2.24) is 10.3 Å². The molecule has 0 aliphatic heterocycles. The van der Waals surface area contributed by atoms with Gasteiger partial charge in [-0.05, 0) is 37.3 Å². The largest absolute Gasteiger partial charge is 0.493 e. The summed E-state index contributed by atoms with van der Waals surface area (Å²) in [5.41, 5.74) is 1.51. The van der Waals surface area contributed by atoms with E-state index in [1.54, 1.807) is 36.6 Å². The number of para-hydroxylation sites is 1. The molecule has 0 atom stereocenters. The molecule has 0 aliphatic carbocycles. The molecule has 2 aromatic carbocycles. The molecule has 136 valence electrons. The maximum Gasteiger partial charge on any atom is 0.251 e. The maximum absolute atomic E-state index is 12.3. The molecular formula is C19H21N3O3S. The molecule has 1 heterocycles. The van der Waals surface area contributed by atoms with Crippen molar-refractivity contribution in [1.29, 1.82) is 0 Å². The van der Waals surface area contributed by atoms with Gasteiger partial charge in [0.2, 0.25) is 0 Å². The van der Waals surface area contributed by atoms with Crippen LogP contribution in [0, 0.1) is 0 Å². The normalized spacial score (nSPS) is 10.5. The molecule has 0 aliphatic rings. The van der Waals surface area contributed by atoms with E-state index in [1.807, 2.05) is 31.2 Å². The van der Waals surface area contributed by atoms with E-state index in [0.29, 0.717) is 36.8 Å². The van der Waals surface area contributed by atoms with E-state index in [0.717, 1.165) is 15.3 Å². The number of nitrogens with zero attached hydrogens (tertiary/aromatic N) is 1. The predicted octanol–water partition coefficient (Wildman–Crippen LogP) is 3.55. The summed E-state index contributed by atoms with van der Waals surface area (Å²) in [6.07, 6.45) is 0. The Morgan fingerprint density at radius 3 is 2.77 bits per heavy atom. The molecule has 0 saturated heterocycles. The van der Waals surface area contributed by atoms with Crippen molar-refractivity contribution in [3.63, 3.8) is 0 Å². The first-order valence-electron chi connectivity index (χ1n) is 8.39. The highest BCUT2D eigenvalue weighted by molar-refractivity contribution is 7.22. The van der Waals surface area contributed by atoms with E-state index in [4.69, 9.17) is 9.47 Å². The summed E-state index contributed by atoms with van der Waals surface area (Å²) in [5, 5.41) is 6.97. The van der Waals surface area contributed by atoms with Crippen LogP contribution in [0.25, 0.3) is 10.2 Å². The summed E-state index contributed by atoms with van der Waals surface area (Å²) in [4.78, 5) is 16.8. The second-order valence-electron chi connectivity index (χ2n) is 5.47. The number of rotatable bonds is 8. The van der Waals surface area contributed by atoms with E-state index in [-0.39, 0.29) is 5.91 Å². The van der Waals surface area contributed by atoms with Crippen molar-refractivity contribution in [3.05, 3.63) is 48.0 Å². The molecule has 0 unspecified atom stereocenters. The van der Waals surface area contributed by atoms with Crippen molar-refractivity contribution in [2.75, 3.05) is 32.1 Å². The Kier molecular flexibility index (Phi) is 5.91. The number of aromatic nitrogens is 1. The van der Waals surface area contributed by atoms with Crippen LogP contribution in [-0.2, 0) is 0 Å². The molecule has 6 nitrogen and oxygen atoms in total. The van der Waals surface area contributed by atoms with Gasteiger partial charge in [-0.15, -0.1) is 0 Å². The highest BCUT2D eigenvalue weighted by Crippen LogP contribution is 2.28. The number of anilines is 1. The molecule has 1 aromatic heterocycles. The van der Waals surface area contributed by atoms with Crippen molar-refractivity contribution in [2.24, 2.45) is 0 Å². The zero-order valence-corrected chi connectivity index (χ0v) is 15.6. The molecule has 0 fully saturated rings. The first-order chi connectivity index (χ1) is 12.7. The molecule has 7 heteroatoms. The average molecular weight is 371 g/mol. The molecule has 0 spiro atoms. The number of carbonyl (C=O) groups is 1. The summed E-state index contributed by atoms with van der Waals surface area (Å²) in [6.45, 7) is 3.53. The minimum absolute atomic E-state index is 0.155. The van der Waals surface area contributed by atoms with Gasteiger partial charge < -0.3 is 20.1 Å². The van der Waals surface area contributed by atoms with Crippen molar-refractivity contribution in [2.45, 2.75) is 6.92 Å². The van der Waals surface area contributed by atoms with Crippen LogP contribution in [0.2, 0.25) is 0 Å². The van der Waals surface area contributed by atoms with E-state index in [9.17, 15) is 4.79 Å². The van der Waals surface area contributed by atoms with Gasteiger partial charge in [0.15, 0.2) is 16.6 Å². The maximum atomic E-state index is 12.3. The summed E-state index contributed by atoms with van der Waals surface area (Å²) in [7, 11) is 1.56. The zero-order chi connectivity index (χ0) is 18.4. The van der Waals surface area contributed by atoms with Crippen LogP contribution in [0.4, 0.5) is 5.13 Å². The monoisotopic (exact) mass is 371 g/mol. The van der Waals surface area contributed by atoms with Gasteiger partial charge in [-0.25, -0.2) is 4.98 Å². The van der Waals surface area contributed by atoms with Gasteiger partial charge in [-0.3, -0.25) is 4.79 Å². The lowest BCUT2D eigenvalue weighted by atomic mass is 10.2. The fraction of sp³-hybridized carbons (Fsp3) is 0.263. The lowest BCUT2D eigenvalue weighted by Gasteiger charge is -2.11. The summed E-state index contributed by atoms with van der Waals surface area (Å²) in [6, 6.07) is 13.1. The van der Waals surface area contributed by atoms with Crippen LogP contribution in [0.5, 0.6) is 11.5 Å². The summed E-state index contributed by atoms with van der Waals surface area (Å²) >= 11 is 1.60. The van der Waals surface area contributed by atoms with Gasteiger partial charge in [0.25, 0.3) is 5.91 Å². The number of methoxy groups -OCH3 is 1. The van der Waals surface area contributed by atoms with E-state index >= 15 is 0 Å². The van der Waals surface area contributed by atoms with Crippen LogP contribution in [-0.4, -0.2) is 37.7 Å². The van der Waals surface area contributed by atoms with Gasteiger partial charge >= 0.3 is 0 Å². The quantitative estimate of drug-likeness (QED) is 0.593. The van der Waals surface area contributed by atoms with E-state index < -0.39 is 0 Å². The molecule has 0 bridgehead atoms. The Morgan fingerprint density at radius 1 is 1.15 bits per heavy atom. The first-order valence-corrected chi connectivity index (χ1v) is 9.21. The summed E-state index contributed by atoms with van der Waals surface area (Å²) < 4.78 is 11.9. The lowest BCUT2D eigenvalue weighted by molar-refractivity contribution is 0.0954. The highest BCUT2D eigenvalue weighted by atomic mass is 32.1. The van der Waals surface area contributed by atoms with E-state index in [1.165, 1.54) is 0 Å². The number of benzene rings is 2.